The summed E-state index contributed by atoms with van der Waals surface area (Å²) in [6, 6.07) is 17.2. The molecule has 2 heterocycles. The standard InChI is InChI=1S/C21H23N3O/c1-2-16(24-14-13-22-15-24)11-12-23-21-17-7-3-5-9-19(17)25-20-10-6-4-8-18(20)21/h3-10,13-16,21,23H,2,11-12H2,1H3. The van der Waals surface area contributed by atoms with Crippen molar-refractivity contribution < 1.29 is 4.74 Å². The minimum Gasteiger partial charge on any atom is -0.457 e. The second-order valence-corrected chi connectivity index (χ2v) is 6.43. The van der Waals surface area contributed by atoms with Crippen LogP contribution in [0.5, 0.6) is 11.5 Å². The minimum atomic E-state index is 0.168. The zero-order valence-corrected chi connectivity index (χ0v) is 14.4. The Balaban J connectivity index is 1.52. The number of fused-ring (bicyclic) bond motifs is 2. The number of hydrogen-bond donors (Lipinski definition) is 1. The number of ether oxygens (including phenoxy) is 1. The lowest BCUT2D eigenvalue weighted by Crippen LogP contribution is -2.27. The maximum absolute atomic E-state index is 6.06. The summed E-state index contributed by atoms with van der Waals surface area (Å²) in [6.07, 6.45) is 7.97. The molecule has 1 N–H and O–H groups in total. The zero-order valence-electron chi connectivity index (χ0n) is 14.4. The fraction of sp³-hybridized carbons (Fsp3) is 0.286. The van der Waals surface area contributed by atoms with Gasteiger partial charge in [0, 0.05) is 29.6 Å². The number of hydrogen-bond acceptors (Lipinski definition) is 3. The lowest BCUT2D eigenvalue weighted by molar-refractivity contribution is 0.402. The Morgan fingerprint density at radius 2 is 1.76 bits per heavy atom. The molecule has 4 heteroatoms. The van der Waals surface area contributed by atoms with E-state index in [2.05, 4.69) is 46.1 Å². The van der Waals surface area contributed by atoms with E-state index in [1.165, 1.54) is 11.1 Å². The van der Waals surface area contributed by atoms with Gasteiger partial charge in [0.2, 0.25) is 0 Å². The predicted octanol–water partition coefficient (Wildman–Crippen LogP) is 4.71. The second kappa shape index (κ2) is 7.11. The molecule has 4 nitrogen and oxygen atoms in total. The number of imidazole rings is 1. The molecule has 0 amide bonds. The van der Waals surface area contributed by atoms with E-state index in [1.807, 2.05) is 43.0 Å². The first-order valence-electron chi connectivity index (χ1n) is 8.93. The van der Waals surface area contributed by atoms with Gasteiger partial charge in [-0.1, -0.05) is 43.3 Å². The molecule has 4 rings (SSSR count). The van der Waals surface area contributed by atoms with Gasteiger partial charge in [0.1, 0.15) is 11.5 Å². The summed E-state index contributed by atoms with van der Waals surface area (Å²) in [5, 5.41) is 3.75. The summed E-state index contributed by atoms with van der Waals surface area (Å²) in [4.78, 5) is 4.17. The van der Waals surface area contributed by atoms with Crippen molar-refractivity contribution in [3.8, 4) is 11.5 Å². The number of aromatic nitrogens is 2. The Morgan fingerprint density at radius 3 is 2.36 bits per heavy atom. The fourth-order valence-electron chi connectivity index (χ4n) is 3.57. The molecule has 0 spiro atoms. The van der Waals surface area contributed by atoms with Crippen molar-refractivity contribution in [1.29, 1.82) is 0 Å². The minimum absolute atomic E-state index is 0.168. The molecule has 1 aliphatic heterocycles. The molecule has 0 saturated heterocycles. The highest BCUT2D eigenvalue weighted by molar-refractivity contribution is 5.52. The van der Waals surface area contributed by atoms with Crippen molar-refractivity contribution in [2.75, 3.05) is 6.54 Å². The second-order valence-electron chi connectivity index (χ2n) is 6.43. The van der Waals surface area contributed by atoms with Gasteiger partial charge in [-0.2, -0.15) is 0 Å². The zero-order chi connectivity index (χ0) is 17.1. The SMILES string of the molecule is CCC(CCNC1c2ccccc2Oc2ccccc21)n1ccnc1. The summed E-state index contributed by atoms with van der Waals surface area (Å²) in [6.45, 7) is 3.16. The van der Waals surface area contributed by atoms with Crippen LogP contribution in [-0.2, 0) is 0 Å². The van der Waals surface area contributed by atoms with E-state index in [0.29, 0.717) is 6.04 Å². The number of nitrogens with one attached hydrogen (secondary N) is 1. The molecule has 25 heavy (non-hydrogen) atoms. The molecular weight excluding hydrogens is 310 g/mol. The van der Waals surface area contributed by atoms with Crippen molar-refractivity contribution in [1.82, 2.24) is 14.9 Å². The Bertz CT molecular complexity index is 783. The molecule has 0 fully saturated rings. The topological polar surface area (TPSA) is 39.1 Å². The summed E-state index contributed by atoms with van der Waals surface area (Å²) in [5.74, 6) is 1.89. The lowest BCUT2D eigenvalue weighted by atomic mass is 9.94. The van der Waals surface area contributed by atoms with Crippen molar-refractivity contribution in [2.24, 2.45) is 0 Å². The van der Waals surface area contributed by atoms with Crippen LogP contribution in [0.4, 0.5) is 0 Å². The maximum atomic E-state index is 6.06. The Hall–Kier alpha value is -2.59. The van der Waals surface area contributed by atoms with Gasteiger partial charge < -0.3 is 14.6 Å². The third-order valence-corrected chi connectivity index (χ3v) is 4.92. The molecule has 128 valence electrons. The maximum Gasteiger partial charge on any atom is 0.132 e. The first-order chi connectivity index (χ1) is 12.4. The van der Waals surface area contributed by atoms with Gasteiger partial charge in [0.25, 0.3) is 0 Å². The summed E-state index contributed by atoms with van der Waals surface area (Å²) in [5.41, 5.74) is 2.41. The van der Waals surface area contributed by atoms with Gasteiger partial charge in [-0.25, -0.2) is 4.98 Å². The van der Waals surface area contributed by atoms with Crippen molar-refractivity contribution in [2.45, 2.75) is 31.8 Å². The molecule has 0 radical (unpaired) electrons. The number of para-hydroxylation sites is 2. The van der Waals surface area contributed by atoms with Crippen LogP contribution in [0.2, 0.25) is 0 Å². The largest absolute Gasteiger partial charge is 0.457 e. The highest BCUT2D eigenvalue weighted by Crippen LogP contribution is 2.42. The highest BCUT2D eigenvalue weighted by atomic mass is 16.5. The van der Waals surface area contributed by atoms with E-state index >= 15 is 0 Å². The van der Waals surface area contributed by atoms with Crippen molar-refractivity contribution in [3.05, 3.63) is 78.4 Å². The van der Waals surface area contributed by atoms with Gasteiger partial charge in [-0.15, -0.1) is 0 Å². The van der Waals surface area contributed by atoms with Gasteiger partial charge in [0.15, 0.2) is 0 Å². The van der Waals surface area contributed by atoms with E-state index in [9.17, 15) is 0 Å². The summed E-state index contributed by atoms with van der Waals surface area (Å²) in [7, 11) is 0. The number of rotatable bonds is 6. The van der Waals surface area contributed by atoms with E-state index in [-0.39, 0.29) is 6.04 Å². The molecule has 2 aromatic carbocycles. The molecule has 0 aliphatic carbocycles. The predicted molar refractivity (Wildman–Crippen MR) is 99.0 cm³/mol. The molecule has 1 unspecified atom stereocenters. The Labute approximate surface area is 148 Å². The molecule has 1 atom stereocenters. The van der Waals surface area contributed by atoms with E-state index in [0.717, 1.165) is 30.9 Å². The van der Waals surface area contributed by atoms with Crippen LogP contribution in [0.3, 0.4) is 0 Å². The van der Waals surface area contributed by atoms with Crippen LogP contribution in [-0.4, -0.2) is 16.1 Å². The number of benzene rings is 2. The van der Waals surface area contributed by atoms with Gasteiger partial charge >= 0.3 is 0 Å². The molecule has 3 aromatic rings. The van der Waals surface area contributed by atoms with Crippen LogP contribution >= 0.6 is 0 Å². The van der Waals surface area contributed by atoms with E-state index in [4.69, 9.17) is 4.74 Å². The normalized spacial score (nSPS) is 14.4. The van der Waals surface area contributed by atoms with E-state index in [1.54, 1.807) is 0 Å². The van der Waals surface area contributed by atoms with Gasteiger partial charge in [-0.3, -0.25) is 0 Å². The first kappa shape index (κ1) is 15.9. The van der Waals surface area contributed by atoms with Gasteiger partial charge in [-0.05, 0) is 31.5 Å². The average Bonchev–Trinajstić information content (AvgIpc) is 3.19. The fourth-order valence-corrected chi connectivity index (χ4v) is 3.57. The quantitative estimate of drug-likeness (QED) is 0.710. The number of nitrogens with zero attached hydrogens (tertiary/aromatic N) is 2. The third-order valence-electron chi connectivity index (χ3n) is 4.92. The summed E-state index contributed by atoms with van der Waals surface area (Å²) < 4.78 is 8.26. The smallest absolute Gasteiger partial charge is 0.132 e. The first-order valence-corrected chi connectivity index (χ1v) is 8.93. The molecular formula is C21H23N3O. The molecule has 0 saturated carbocycles. The average molecular weight is 333 g/mol. The highest BCUT2D eigenvalue weighted by Gasteiger charge is 2.26. The summed E-state index contributed by atoms with van der Waals surface area (Å²) >= 11 is 0. The lowest BCUT2D eigenvalue weighted by Gasteiger charge is -2.29. The van der Waals surface area contributed by atoms with Crippen molar-refractivity contribution >= 4 is 0 Å². The van der Waals surface area contributed by atoms with Crippen LogP contribution in [0.15, 0.2) is 67.3 Å². The molecule has 1 aliphatic rings. The van der Waals surface area contributed by atoms with Crippen molar-refractivity contribution in [3.63, 3.8) is 0 Å². The van der Waals surface area contributed by atoms with E-state index < -0.39 is 0 Å². The Kier molecular flexibility index (Phi) is 4.53. The van der Waals surface area contributed by atoms with Crippen LogP contribution in [0, 0.1) is 0 Å². The van der Waals surface area contributed by atoms with Crippen LogP contribution < -0.4 is 10.1 Å². The van der Waals surface area contributed by atoms with Gasteiger partial charge in [0.05, 0.1) is 12.4 Å². The van der Waals surface area contributed by atoms with Crippen LogP contribution in [0.25, 0.3) is 0 Å². The molecule has 1 aromatic heterocycles. The molecule has 0 bridgehead atoms. The third kappa shape index (κ3) is 3.17. The Morgan fingerprint density at radius 1 is 1.08 bits per heavy atom. The monoisotopic (exact) mass is 333 g/mol. The van der Waals surface area contributed by atoms with Crippen LogP contribution in [0.1, 0.15) is 43.0 Å².